The molecule has 1 aliphatic rings. The van der Waals surface area contributed by atoms with Gasteiger partial charge >= 0.3 is 0 Å². The largest absolute Gasteiger partial charge is 0.450 e. The van der Waals surface area contributed by atoms with E-state index in [0.29, 0.717) is 27.0 Å². The maximum atomic E-state index is 14.5. The zero-order valence-electron chi connectivity index (χ0n) is 15.1. The van der Waals surface area contributed by atoms with E-state index in [0.717, 1.165) is 16.9 Å². The molecule has 4 rings (SSSR count). The molecule has 0 amide bonds. The Morgan fingerprint density at radius 1 is 1.04 bits per heavy atom. The van der Waals surface area contributed by atoms with Gasteiger partial charge in [0, 0.05) is 22.9 Å². The molecule has 0 N–H and O–H groups in total. The van der Waals surface area contributed by atoms with Crippen LogP contribution in [0.25, 0.3) is 11.1 Å². The number of hydrogen-bond donors (Lipinski definition) is 0. The molecular formula is C21H21O3PS. The fourth-order valence-corrected chi connectivity index (χ4v) is 9.02. The van der Waals surface area contributed by atoms with Crippen LogP contribution in [0, 0.1) is 0 Å². The molecule has 0 saturated heterocycles. The number of benzene rings is 2. The zero-order valence-corrected chi connectivity index (χ0v) is 16.8. The predicted molar refractivity (Wildman–Crippen MR) is 107 cm³/mol. The van der Waals surface area contributed by atoms with Gasteiger partial charge in [0.15, 0.2) is 7.14 Å². The number of fused-ring (bicyclic) bond motifs is 2. The van der Waals surface area contributed by atoms with Gasteiger partial charge in [0.2, 0.25) is 5.09 Å². The van der Waals surface area contributed by atoms with Crippen LogP contribution in [0.15, 0.2) is 69.0 Å². The van der Waals surface area contributed by atoms with Gasteiger partial charge < -0.3 is 8.98 Å². The van der Waals surface area contributed by atoms with Crippen molar-refractivity contribution in [2.75, 3.05) is 0 Å². The quantitative estimate of drug-likeness (QED) is 0.615. The lowest BCUT2D eigenvalue weighted by molar-refractivity contribution is 0.432. The minimum Gasteiger partial charge on any atom is -0.450 e. The molecule has 0 aliphatic carbocycles. The van der Waals surface area contributed by atoms with Gasteiger partial charge in [-0.25, -0.2) is 4.21 Å². The Morgan fingerprint density at radius 3 is 2.35 bits per heavy atom. The van der Waals surface area contributed by atoms with Crippen LogP contribution in [0.5, 0.6) is 0 Å². The molecule has 0 bridgehead atoms. The maximum absolute atomic E-state index is 14.5. The second kappa shape index (κ2) is 6.37. The van der Waals surface area contributed by atoms with Crippen LogP contribution in [0.1, 0.15) is 26.5 Å². The molecule has 0 saturated carbocycles. The van der Waals surface area contributed by atoms with Gasteiger partial charge in [-0.15, -0.1) is 0 Å². The molecule has 2 heterocycles. The van der Waals surface area contributed by atoms with Gasteiger partial charge in [-0.1, -0.05) is 63.2 Å². The van der Waals surface area contributed by atoms with Crippen molar-refractivity contribution in [3.63, 3.8) is 0 Å². The number of furan rings is 1. The molecule has 3 nitrogen and oxygen atoms in total. The van der Waals surface area contributed by atoms with Crippen molar-refractivity contribution in [1.29, 1.82) is 0 Å². The molecule has 2 aromatic carbocycles. The van der Waals surface area contributed by atoms with Gasteiger partial charge in [0.1, 0.15) is 16.6 Å². The van der Waals surface area contributed by atoms with Crippen molar-refractivity contribution in [3.8, 4) is 11.1 Å². The zero-order chi connectivity index (χ0) is 18.5. The molecule has 2 unspecified atom stereocenters. The van der Waals surface area contributed by atoms with Crippen molar-refractivity contribution in [1.82, 2.24) is 0 Å². The topological polar surface area (TPSA) is 47.3 Å². The Balaban J connectivity index is 2.14. The minimum absolute atomic E-state index is 0.107. The summed E-state index contributed by atoms with van der Waals surface area (Å²) >= 11 is 0. The van der Waals surface area contributed by atoms with Gasteiger partial charge in [0.25, 0.3) is 0 Å². The summed E-state index contributed by atoms with van der Waals surface area (Å²) in [5.74, 6) is 0.753. The van der Waals surface area contributed by atoms with E-state index in [-0.39, 0.29) is 5.66 Å². The monoisotopic (exact) mass is 384 g/mol. The Bertz CT molecular complexity index is 1050. The summed E-state index contributed by atoms with van der Waals surface area (Å²) in [6.45, 7) is 5.96. The van der Waals surface area contributed by atoms with Crippen molar-refractivity contribution < 1.29 is 13.2 Å². The summed E-state index contributed by atoms with van der Waals surface area (Å²) in [4.78, 5) is 0.619. The van der Waals surface area contributed by atoms with Crippen LogP contribution in [-0.4, -0.2) is 9.87 Å². The first kappa shape index (κ1) is 17.5. The lowest BCUT2D eigenvalue weighted by Gasteiger charge is -2.29. The molecule has 134 valence electrons. The third-order valence-electron chi connectivity index (χ3n) is 4.96. The lowest BCUT2D eigenvalue weighted by Crippen LogP contribution is -2.32. The van der Waals surface area contributed by atoms with Gasteiger partial charge in [0.05, 0.1) is 10.2 Å². The molecule has 3 aromatic rings. The Kier molecular flexibility index (Phi) is 4.29. The van der Waals surface area contributed by atoms with Crippen LogP contribution in [0.3, 0.4) is 0 Å². The molecule has 0 spiro atoms. The van der Waals surface area contributed by atoms with E-state index >= 15 is 0 Å². The van der Waals surface area contributed by atoms with Crippen LogP contribution in [0.4, 0.5) is 0 Å². The van der Waals surface area contributed by atoms with E-state index < -0.39 is 17.9 Å². The molecule has 26 heavy (non-hydrogen) atoms. The van der Waals surface area contributed by atoms with Crippen LogP contribution in [-0.2, 0) is 21.8 Å². The standard InChI is InChI=1S/C21H21O3PS/c1-4-16-19(15-10-6-5-7-11-15)20-21(24-16)26(23)18-13-9-8-12-17(18)25(20,22)14(2)3/h5-14H,4H2,1-3H3. The Labute approximate surface area is 156 Å². The van der Waals surface area contributed by atoms with E-state index in [9.17, 15) is 8.77 Å². The second-order valence-electron chi connectivity index (χ2n) is 6.74. The minimum atomic E-state index is -2.98. The van der Waals surface area contributed by atoms with Crippen LogP contribution in [0.2, 0.25) is 0 Å². The van der Waals surface area contributed by atoms with E-state index in [4.69, 9.17) is 4.42 Å². The fourth-order valence-electron chi connectivity index (χ4n) is 3.67. The van der Waals surface area contributed by atoms with Crippen LogP contribution < -0.4 is 10.6 Å². The number of hydrogen-bond acceptors (Lipinski definition) is 3. The molecule has 5 heteroatoms. The second-order valence-corrected chi connectivity index (χ2v) is 11.4. The summed E-state index contributed by atoms with van der Waals surface area (Å²) in [5, 5.41) is 1.74. The van der Waals surface area contributed by atoms with Gasteiger partial charge in [-0.2, -0.15) is 0 Å². The van der Waals surface area contributed by atoms with E-state index in [1.807, 2.05) is 69.3 Å². The number of rotatable bonds is 3. The van der Waals surface area contributed by atoms with Crippen molar-refractivity contribution >= 4 is 28.6 Å². The molecule has 2 atom stereocenters. The number of aryl methyl sites for hydroxylation is 1. The molecular weight excluding hydrogens is 363 g/mol. The summed E-state index contributed by atoms with van der Waals surface area (Å²) in [6.07, 6.45) is 0.656. The summed E-state index contributed by atoms with van der Waals surface area (Å²) in [6, 6.07) is 17.3. The highest BCUT2D eigenvalue weighted by atomic mass is 32.2. The Hall–Kier alpha value is -1.90. The molecule has 0 radical (unpaired) electrons. The van der Waals surface area contributed by atoms with Crippen molar-refractivity contribution in [2.45, 2.75) is 42.8 Å². The van der Waals surface area contributed by atoms with E-state index in [1.54, 1.807) is 6.07 Å². The van der Waals surface area contributed by atoms with Crippen molar-refractivity contribution in [3.05, 3.63) is 60.4 Å². The van der Waals surface area contributed by atoms with Gasteiger partial charge in [-0.3, -0.25) is 0 Å². The highest BCUT2D eigenvalue weighted by Crippen LogP contribution is 2.56. The molecule has 0 fully saturated rings. The fraction of sp³-hybridized carbons (Fsp3) is 0.238. The normalized spacial score (nSPS) is 21.5. The van der Waals surface area contributed by atoms with Gasteiger partial charge in [-0.05, 0) is 17.7 Å². The first-order chi connectivity index (χ1) is 12.5. The highest BCUT2D eigenvalue weighted by molar-refractivity contribution is 7.90. The third-order valence-corrected chi connectivity index (χ3v) is 10.3. The SMILES string of the molecule is CCc1oc2c(c1-c1ccccc1)P(=O)(C(C)C)c1ccccc1S2=O. The van der Waals surface area contributed by atoms with E-state index in [1.165, 1.54) is 0 Å². The lowest BCUT2D eigenvalue weighted by atomic mass is 10.1. The van der Waals surface area contributed by atoms with Crippen LogP contribution >= 0.6 is 7.14 Å². The Morgan fingerprint density at radius 2 is 1.69 bits per heavy atom. The predicted octanol–water partition coefficient (Wildman–Crippen LogP) is 4.71. The average molecular weight is 384 g/mol. The first-order valence-electron chi connectivity index (χ1n) is 8.82. The smallest absolute Gasteiger partial charge is 0.207 e. The average Bonchev–Trinajstić information content (AvgIpc) is 3.07. The highest BCUT2D eigenvalue weighted by Gasteiger charge is 2.46. The maximum Gasteiger partial charge on any atom is 0.207 e. The summed E-state index contributed by atoms with van der Waals surface area (Å²) in [5.41, 5.74) is 1.72. The third kappa shape index (κ3) is 2.32. The first-order valence-corrected chi connectivity index (χ1v) is 11.8. The summed E-state index contributed by atoms with van der Waals surface area (Å²) in [7, 11) is -4.44. The van der Waals surface area contributed by atoms with E-state index in [2.05, 4.69) is 0 Å². The summed E-state index contributed by atoms with van der Waals surface area (Å²) < 4.78 is 33.8. The molecule has 1 aromatic heterocycles. The van der Waals surface area contributed by atoms with Crippen molar-refractivity contribution in [2.24, 2.45) is 0 Å². The molecule has 1 aliphatic heterocycles.